The van der Waals surface area contributed by atoms with Gasteiger partial charge in [0.05, 0.1) is 36.7 Å². The molecule has 13 heteroatoms. The molecule has 1 unspecified atom stereocenters. The number of anilines is 1. The van der Waals surface area contributed by atoms with Gasteiger partial charge < -0.3 is 13.9 Å². The Labute approximate surface area is 264 Å². The molecule has 0 radical (unpaired) electrons. The first kappa shape index (κ1) is 32.2. The van der Waals surface area contributed by atoms with Crippen LogP contribution in [0, 0.1) is 0 Å². The monoisotopic (exact) mass is 641 g/mol. The van der Waals surface area contributed by atoms with E-state index in [1.54, 1.807) is 10.7 Å². The van der Waals surface area contributed by atoms with Gasteiger partial charge in [-0.05, 0) is 70.3 Å². The largest absolute Gasteiger partial charge is 0.444 e. The first-order chi connectivity index (χ1) is 20.6. The van der Waals surface area contributed by atoms with Gasteiger partial charge >= 0.3 is 6.09 Å². The SMILES string of the molecule is CC(C)(C)OC(=O)Nc1cc(Cl)cc2c1c(-c1cnn(C3CCCCO3)c1)cn2-c1cn(CCO[Si](C)(C)C(C)(C)C)nn1. The van der Waals surface area contributed by atoms with Crippen molar-refractivity contribution in [2.24, 2.45) is 0 Å². The molecule has 1 aliphatic heterocycles. The lowest BCUT2D eigenvalue weighted by Crippen LogP contribution is -2.41. The third-order valence-corrected chi connectivity index (χ3v) is 13.0. The Bertz CT molecular complexity index is 1620. The molecule has 0 saturated carbocycles. The number of aromatic nitrogens is 6. The van der Waals surface area contributed by atoms with Gasteiger partial charge in [0.1, 0.15) is 11.8 Å². The summed E-state index contributed by atoms with van der Waals surface area (Å²) < 4.78 is 23.5. The first-order valence-electron chi connectivity index (χ1n) is 15.2. The molecule has 11 nitrogen and oxygen atoms in total. The zero-order valence-electron chi connectivity index (χ0n) is 27.0. The summed E-state index contributed by atoms with van der Waals surface area (Å²) in [5.74, 6) is 0.613. The molecule has 1 saturated heterocycles. The standard InChI is InChI=1S/C31H44ClN7O4Si/c1-30(2,3)43-29(40)34-24-15-22(32)16-25-28(24)23(21-17-33-39(18-21)27-11-9-10-13-41-27)19-38(25)26-20-37(36-35-26)12-14-42-44(7,8)31(4,5)6/h15-20,27H,9-14H2,1-8H3,(H,34,40). The highest BCUT2D eigenvalue weighted by molar-refractivity contribution is 6.74. The van der Waals surface area contributed by atoms with E-state index in [1.165, 1.54) is 0 Å². The van der Waals surface area contributed by atoms with Crippen LogP contribution in [0.1, 0.15) is 67.0 Å². The number of hydrogen-bond acceptors (Lipinski definition) is 7. The van der Waals surface area contributed by atoms with Crippen molar-refractivity contribution in [3.8, 4) is 16.9 Å². The van der Waals surface area contributed by atoms with Crippen LogP contribution in [-0.4, -0.2) is 62.6 Å². The molecule has 1 amide bonds. The van der Waals surface area contributed by atoms with Crippen LogP contribution in [0.4, 0.5) is 10.5 Å². The fraction of sp³-hybridized carbons (Fsp3) is 0.548. The number of hydrogen-bond donors (Lipinski definition) is 1. The Morgan fingerprint density at radius 3 is 2.59 bits per heavy atom. The number of halogens is 1. The maximum absolute atomic E-state index is 12.9. The van der Waals surface area contributed by atoms with Crippen molar-refractivity contribution in [3.05, 3.63) is 41.9 Å². The van der Waals surface area contributed by atoms with E-state index in [4.69, 9.17) is 25.5 Å². The molecule has 4 heterocycles. The normalized spacial score (nSPS) is 16.4. The minimum Gasteiger partial charge on any atom is -0.444 e. The summed E-state index contributed by atoms with van der Waals surface area (Å²) >= 11 is 6.62. The third-order valence-electron chi connectivity index (χ3n) is 8.23. The third kappa shape index (κ3) is 7.19. The summed E-state index contributed by atoms with van der Waals surface area (Å²) in [5, 5.41) is 17.8. The number of benzene rings is 1. The lowest BCUT2D eigenvalue weighted by atomic mass is 10.1. The second-order valence-electron chi connectivity index (χ2n) is 13.9. The molecule has 44 heavy (non-hydrogen) atoms. The van der Waals surface area contributed by atoms with Crippen LogP contribution in [-0.2, 0) is 20.4 Å². The van der Waals surface area contributed by atoms with Crippen LogP contribution in [0.15, 0.2) is 36.9 Å². The molecule has 0 spiro atoms. The summed E-state index contributed by atoms with van der Waals surface area (Å²) in [6, 6.07) is 3.58. The molecular weight excluding hydrogens is 598 g/mol. The van der Waals surface area contributed by atoms with Gasteiger partial charge in [-0.25, -0.2) is 14.2 Å². The maximum Gasteiger partial charge on any atom is 0.412 e. The first-order valence-corrected chi connectivity index (χ1v) is 18.5. The minimum atomic E-state index is -1.88. The number of nitrogens with one attached hydrogen (secondary N) is 1. The van der Waals surface area contributed by atoms with E-state index in [9.17, 15) is 4.79 Å². The zero-order valence-corrected chi connectivity index (χ0v) is 28.7. The average Bonchev–Trinajstić information content (AvgIpc) is 3.66. The van der Waals surface area contributed by atoms with E-state index < -0.39 is 20.0 Å². The second-order valence-corrected chi connectivity index (χ2v) is 19.1. The maximum atomic E-state index is 12.9. The van der Waals surface area contributed by atoms with Gasteiger partial charge in [0.15, 0.2) is 14.1 Å². The lowest BCUT2D eigenvalue weighted by Gasteiger charge is -2.36. The van der Waals surface area contributed by atoms with Gasteiger partial charge in [-0.1, -0.05) is 37.6 Å². The van der Waals surface area contributed by atoms with E-state index in [1.807, 2.05) is 60.9 Å². The van der Waals surface area contributed by atoms with Crippen molar-refractivity contribution in [1.82, 2.24) is 29.3 Å². The molecule has 238 valence electrons. The Morgan fingerprint density at radius 1 is 1.14 bits per heavy atom. The van der Waals surface area contributed by atoms with Crippen LogP contribution in [0.2, 0.25) is 23.2 Å². The quantitative estimate of drug-likeness (QED) is 0.195. The van der Waals surface area contributed by atoms with Gasteiger partial charge in [0.2, 0.25) is 0 Å². The zero-order chi connectivity index (χ0) is 31.9. The van der Waals surface area contributed by atoms with E-state index in [2.05, 4.69) is 54.6 Å². The molecule has 0 bridgehead atoms. The van der Waals surface area contributed by atoms with Crippen LogP contribution in [0.3, 0.4) is 0 Å². The van der Waals surface area contributed by atoms with Gasteiger partial charge in [0, 0.05) is 40.5 Å². The predicted octanol–water partition coefficient (Wildman–Crippen LogP) is 7.81. The Kier molecular flexibility index (Phi) is 9.01. The molecule has 1 fully saturated rings. The number of carbonyl (C=O) groups is 1. The molecule has 1 aliphatic rings. The Balaban J connectivity index is 1.52. The molecule has 1 aromatic carbocycles. The van der Waals surface area contributed by atoms with Crippen molar-refractivity contribution in [2.45, 2.75) is 97.3 Å². The van der Waals surface area contributed by atoms with Gasteiger partial charge in [-0.15, -0.1) is 5.10 Å². The van der Waals surface area contributed by atoms with E-state index in [0.29, 0.717) is 29.7 Å². The van der Waals surface area contributed by atoms with E-state index in [-0.39, 0.29) is 11.3 Å². The van der Waals surface area contributed by atoms with Gasteiger partial charge in [0.25, 0.3) is 0 Å². The highest BCUT2D eigenvalue weighted by Gasteiger charge is 2.37. The van der Waals surface area contributed by atoms with Crippen LogP contribution >= 0.6 is 11.6 Å². The molecule has 1 atom stereocenters. The summed E-state index contributed by atoms with van der Waals surface area (Å²) in [7, 11) is -1.88. The number of amides is 1. The van der Waals surface area contributed by atoms with E-state index >= 15 is 0 Å². The van der Waals surface area contributed by atoms with Crippen molar-refractivity contribution in [3.63, 3.8) is 0 Å². The minimum absolute atomic E-state index is 0.104. The molecule has 0 aliphatic carbocycles. The van der Waals surface area contributed by atoms with Crippen LogP contribution in [0.25, 0.3) is 27.8 Å². The second kappa shape index (κ2) is 12.3. The predicted molar refractivity (Wildman–Crippen MR) is 175 cm³/mol. The summed E-state index contributed by atoms with van der Waals surface area (Å²) in [6.07, 6.45) is 10.1. The average molecular weight is 642 g/mol. The highest BCUT2D eigenvalue weighted by atomic mass is 35.5. The summed E-state index contributed by atoms with van der Waals surface area (Å²) in [6.45, 7) is 18.5. The smallest absolute Gasteiger partial charge is 0.412 e. The summed E-state index contributed by atoms with van der Waals surface area (Å²) in [4.78, 5) is 12.9. The topological polar surface area (TPSA) is 110 Å². The van der Waals surface area contributed by atoms with Crippen molar-refractivity contribution in [2.75, 3.05) is 18.5 Å². The van der Waals surface area contributed by atoms with Crippen LogP contribution < -0.4 is 5.32 Å². The molecule has 4 aromatic rings. The summed E-state index contributed by atoms with van der Waals surface area (Å²) in [5.41, 5.74) is 2.33. The van der Waals surface area contributed by atoms with Gasteiger partial charge in [-0.2, -0.15) is 5.10 Å². The number of nitrogens with zero attached hydrogens (tertiary/aromatic N) is 6. The fourth-order valence-corrected chi connectivity index (χ4v) is 6.18. The number of ether oxygens (including phenoxy) is 2. The van der Waals surface area contributed by atoms with Crippen LogP contribution in [0.5, 0.6) is 0 Å². The number of fused-ring (bicyclic) bond motifs is 1. The molecule has 3 aromatic heterocycles. The number of rotatable bonds is 8. The molecular formula is C31H44ClN7O4Si. The van der Waals surface area contributed by atoms with Crippen molar-refractivity contribution >= 4 is 42.6 Å². The lowest BCUT2D eigenvalue weighted by molar-refractivity contribution is -0.0394. The van der Waals surface area contributed by atoms with E-state index in [0.717, 1.165) is 47.9 Å². The Morgan fingerprint density at radius 2 is 1.91 bits per heavy atom. The van der Waals surface area contributed by atoms with Crippen molar-refractivity contribution in [1.29, 1.82) is 0 Å². The highest BCUT2D eigenvalue weighted by Crippen LogP contribution is 2.40. The number of carbonyl (C=O) groups excluding carboxylic acids is 1. The van der Waals surface area contributed by atoms with Gasteiger partial charge in [-0.3, -0.25) is 9.88 Å². The fourth-order valence-electron chi connectivity index (χ4n) is 4.93. The molecule has 1 N–H and O–H groups in total. The molecule has 5 rings (SSSR count). The Hall–Kier alpha value is -3.19. The van der Waals surface area contributed by atoms with Crippen molar-refractivity contribution < 1.29 is 18.7 Å².